The maximum atomic E-state index is 13.1. The van der Waals surface area contributed by atoms with Crippen LogP contribution in [-0.4, -0.2) is 0 Å². The second kappa shape index (κ2) is 2.96. The minimum atomic E-state index is -0.379. The van der Waals surface area contributed by atoms with Crippen LogP contribution in [0.3, 0.4) is 0 Å². The summed E-state index contributed by atoms with van der Waals surface area (Å²) in [6, 6.07) is 4.82. The van der Waals surface area contributed by atoms with Gasteiger partial charge in [-0.05, 0) is 30.9 Å². The van der Waals surface area contributed by atoms with Gasteiger partial charge in [0.2, 0.25) is 0 Å². The van der Waals surface area contributed by atoms with Crippen molar-refractivity contribution in [3.05, 3.63) is 34.6 Å². The third-order valence-corrected chi connectivity index (χ3v) is 3.12. The fraction of sp³-hybridized carbons (Fsp3) is 0.400. The molecule has 1 fully saturated rings. The molecule has 1 aromatic carbocycles. The Balaban J connectivity index is 2.45. The van der Waals surface area contributed by atoms with E-state index in [0.717, 1.165) is 24.8 Å². The number of benzene rings is 1. The van der Waals surface area contributed by atoms with Crippen molar-refractivity contribution < 1.29 is 4.39 Å². The highest BCUT2D eigenvalue weighted by Gasteiger charge is 2.36. The Hall–Kier alpha value is -0.600. The summed E-state index contributed by atoms with van der Waals surface area (Å²) in [7, 11) is 0. The summed E-state index contributed by atoms with van der Waals surface area (Å²) in [5.74, 6) is -0.379. The molecular formula is C10H11ClFN. The fourth-order valence-electron chi connectivity index (χ4n) is 1.72. The highest BCUT2D eigenvalue weighted by atomic mass is 35.5. The molecule has 1 aromatic rings. The maximum Gasteiger partial charge on any atom is 0.142 e. The van der Waals surface area contributed by atoms with Crippen molar-refractivity contribution in [3.63, 3.8) is 0 Å². The number of hydrogen-bond donors (Lipinski definition) is 1. The van der Waals surface area contributed by atoms with Gasteiger partial charge in [0, 0.05) is 5.54 Å². The predicted octanol–water partition coefficient (Wildman–Crippen LogP) is 2.82. The molecule has 0 spiro atoms. The lowest BCUT2D eigenvalue weighted by atomic mass is 9.73. The van der Waals surface area contributed by atoms with Crippen LogP contribution in [0, 0.1) is 5.82 Å². The third kappa shape index (κ3) is 1.34. The largest absolute Gasteiger partial charge is 0.321 e. The molecule has 0 amide bonds. The summed E-state index contributed by atoms with van der Waals surface area (Å²) < 4.78 is 13.1. The minimum Gasteiger partial charge on any atom is -0.321 e. The highest BCUT2D eigenvalue weighted by molar-refractivity contribution is 6.31. The molecule has 1 saturated carbocycles. The van der Waals surface area contributed by atoms with Crippen LogP contribution in [0.1, 0.15) is 24.8 Å². The van der Waals surface area contributed by atoms with Gasteiger partial charge in [0.15, 0.2) is 0 Å². The second-order valence-corrected chi connectivity index (χ2v) is 3.99. The molecule has 1 aliphatic carbocycles. The van der Waals surface area contributed by atoms with Crippen molar-refractivity contribution in [3.8, 4) is 0 Å². The van der Waals surface area contributed by atoms with Crippen LogP contribution in [0.25, 0.3) is 0 Å². The average Bonchev–Trinajstić information content (AvgIpc) is 2.06. The normalized spacial score (nSPS) is 19.6. The van der Waals surface area contributed by atoms with Gasteiger partial charge in [0.25, 0.3) is 0 Å². The van der Waals surface area contributed by atoms with Crippen LogP contribution >= 0.6 is 11.6 Å². The van der Waals surface area contributed by atoms with Crippen LogP contribution in [0.5, 0.6) is 0 Å². The average molecular weight is 200 g/mol. The van der Waals surface area contributed by atoms with Gasteiger partial charge in [-0.3, -0.25) is 0 Å². The Labute approximate surface area is 81.7 Å². The first-order valence-corrected chi connectivity index (χ1v) is 4.75. The van der Waals surface area contributed by atoms with Gasteiger partial charge in [-0.15, -0.1) is 0 Å². The standard InChI is InChI=1S/C10H11ClFN/c11-9-7(3-1-4-8(9)12)10(13)5-2-6-10/h1,3-4H,2,5-6,13H2. The molecule has 2 N–H and O–H groups in total. The van der Waals surface area contributed by atoms with Gasteiger partial charge in [0.05, 0.1) is 5.02 Å². The molecule has 0 radical (unpaired) electrons. The summed E-state index contributed by atoms with van der Waals surface area (Å²) in [6.45, 7) is 0. The first-order valence-electron chi connectivity index (χ1n) is 4.37. The summed E-state index contributed by atoms with van der Waals surface area (Å²) in [6.07, 6.45) is 2.90. The van der Waals surface area contributed by atoms with Gasteiger partial charge in [-0.1, -0.05) is 23.7 Å². The Morgan fingerprint density at radius 2 is 2.08 bits per heavy atom. The van der Waals surface area contributed by atoms with Gasteiger partial charge >= 0.3 is 0 Å². The maximum absolute atomic E-state index is 13.1. The molecule has 0 saturated heterocycles. The Morgan fingerprint density at radius 3 is 2.62 bits per heavy atom. The van der Waals surface area contributed by atoms with E-state index in [1.54, 1.807) is 6.07 Å². The SMILES string of the molecule is NC1(c2cccc(F)c2Cl)CCC1. The van der Waals surface area contributed by atoms with Gasteiger partial charge < -0.3 is 5.73 Å². The number of rotatable bonds is 1. The zero-order valence-corrected chi connectivity index (χ0v) is 7.94. The zero-order valence-electron chi connectivity index (χ0n) is 7.19. The van der Waals surface area contributed by atoms with Crippen molar-refractivity contribution in [2.45, 2.75) is 24.8 Å². The van der Waals surface area contributed by atoms with Crippen molar-refractivity contribution in [1.29, 1.82) is 0 Å². The van der Waals surface area contributed by atoms with Crippen molar-refractivity contribution in [2.24, 2.45) is 5.73 Å². The van der Waals surface area contributed by atoms with Gasteiger partial charge in [-0.25, -0.2) is 4.39 Å². The van der Waals surface area contributed by atoms with E-state index in [0.29, 0.717) is 0 Å². The fourth-order valence-corrected chi connectivity index (χ4v) is 2.03. The molecule has 0 bridgehead atoms. The van der Waals surface area contributed by atoms with E-state index in [9.17, 15) is 4.39 Å². The topological polar surface area (TPSA) is 26.0 Å². The summed E-state index contributed by atoms with van der Waals surface area (Å²) in [5, 5.41) is 0.185. The van der Waals surface area contributed by atoms with E-state index in [1.807, 2.05) is 6.07 Å². The second-order valence-electron chi connectivity index (χ2n) is 3.61. The number of halogens is 2. The predicted molar refractivity (Wildman–Crippen MR) is 51.1 cm³/mol. The van der Waals surface area contributed by atoms with E-state index in [1.165, 1.54) is 6.07 Å². The molecule has 1 aliphatic rings. The van der Waals surface area contributed by atoms with Gasteiger partial charge in [0.1, 0.15) is 5.82 Å². The van der Waals surface area contributed by atoms with Crippen LogP contribution in [-0.2, 0) is 5.54 Å². The van der Waals surface area contributed by atoms with Crippen molar-refractivity contribution in [1.82, 2.24) is 0 Å². The molecule has 13 heavy (non-hydrogen) atoms. The van der Waals surface area contributed by atoms with Gasteiger partial charge in [-0.2, -0.15) is 0 Å². The van der Waals surface area contributed by atoms with Crippen LogP contribution in [0.15, 0.2) is 18.2 Å². The summed E-state index contributed by atoms with van der Waals surface area (Å²) in [4.78, 5) is 0. The van der Waals surface area contributed by atoms with Crippen molar-refractivity contribution in [2.75, 3.05) is 0 Å². The molecular weight excluding hydrogens is 189 g/mol. The number of nitrogens with two attached hydrogens (primary N) is 1. The molecule has 0 aromatic heterocycles. The van der Waals surface area contributed by atoms with Crippen LogP contribution in [0.4, 0.5) is 4.39 Å². The van der Waals surface area contributed by atoms with Crippen LogP contribution < -0.4 is 5.73 Å². The number of hydrogen-bond acceptors (Lipinski definition) is 1. The molecule has 0 aliphatic heterocycles. The quantitative estimate of drug-likeness (QED) is 0.740. The van der Waals surface area contributed by atoms with Crippen molar-refractivity contribution >= 4 is 11.6 Å². The highest BCUT2D eigenvalue weighted by Crippen LogP contribution is 2.42. The lowest BCUT2D eigenvalue weighted by molar-refractivity contribution is 0.253. The monoisotopic (exact) mass is 199 g/mol. The molecule has 3 heteroatoms. The minimum absolute atomic E-state index is 0.185. The Kier molecular flexibility index (Phi) is 2.05. The first kappa shape index (κ1) is 8.97. The smallest absolute Gasteiger partial charge is 0.142 e. The van der Waals surface area contributed by atoms with E-state index in [4.69, 9.17) is 17.3 Å². The molecule has 0 heterocycles. The third-order valence-electron chi connectivity index (χ3n) is 2.73. The Morgan fingerprint density at radius 1 is 1.38 bits per heavy atom. The Bertz CT molecular complexity index is 334. The molecule has 0 atom stereocenters. The van der Waals surface area contributed by atoms with E-state index >= 15 is 0 Å². The van der Waals surface area contributed by atoms with Crippen LogP contribution in [0.2, 0.25) is 5.02 Å². The van der Waals surface area contributed by atoms with E-state index in [-0.39, 0.29) is 16.4 Å². The molecule has 0 unspecified atom stereocenters. The lowest BCUT2D eigenvalue weighted by Crippen LogP contribution is -2.43. The zero-order chi connectivity index (χ0) is 9.47. The lowest BCUT2D eigenvalue weighted by Gasteiger charge is -2.39. The van der Waals surface area contributed by atoms with E-state index < -0.39 is 0 Å². The summed E-state index contributed by atoms with van der Waals surface area (Å²) in [5.41, 5.74) is 6.42. The molecule has 2 rings (SSSR count). The molecule has 70 valence electrons. The first-order chi connectivity index (χ1) is 6.13. The summed E-state index contributed by atoms with van der Waals surface area (Å²) >= 11 is 5.84. The van der Waals surface area contributed by atoms with E-state index in [2.05, 4.69) is 0 Å². The molecule has 1 nitrogen and oxygen atoms in total.